The fraction of sp³-hybridized carbons (Fsp3) is 0.350. The Hall–Kier alpha value is -2.94. The third kappa shape index (κ3) is 6.02. The van der Waals surface area contributed by atoms with Gasteiger partial charge in [0.05, 0.1) is 24.8 Å². The van der Waals surface area contributed by atoms with Crippen LogP contribution in [-0.2, 0) is 14.8 Å². The van der Waals surface area contributed by atoms with Gasteiger partial charge in [0, 0.05) is 12.1 Å². The maximum atomic E-state index is 12.6. The van der Waals surface area contributed by atoms with E-state index in [2.05, 4.69) is 10.0 Å². The SMILES string of the molecule is COc1ccc(NS(=O)(=O)c2ccc(O[C@@H](C)C(=O)NC(C)C)cc2)cc1OC. The van der Waals surface area contributed by atoms with Crippen LogP contribution in [0.1, 0.15) is 20.8 Å². The van der Waals surface area contributed by atoms with E-state index in [0.29, 0.717) is 22.9 Å². The monoisotopic (exact) mass is 422 g/mol. The number of nitrogens with one attached hydrogen (secondary N) is 2. The minimum Gasteiger partial charge on any atom is -0.493 e. The van der Waals surface area contributed by atoms with E-state index in [-0.39, 0.29) is 16.8 Å². The van der Waals surface area contributed by atoms with Crippen molar-refractivity contribution in [2.45, 2.75) is 37.8 Å². The summed E-state index contributed by atoms with van der Waals surface area (Å²) in [6.07, 6.45) is -0.704. The van der Waals surface area contributed by atoms with Crippen molar-refractivity contribution in [3.8, 4) is 17.2 Å². The summed E-state index contributed by atoms with van der Waals surface area (Å²) in [6.45, 7) is 5.34. The first-order chi connectivity index (χ1) is 13.7. The van der Waals surface area contributed by atoms with E-state index in [0.717, 1.165) is 0 Å². The van der Waals surface area contributed by atoms with E-state index in [1.807, 2.05) is 13.8 Å². The smallest absolute Gasteiger partial charge is 0.261 e. The van der Waals surface area contributed by atoms with Crippen LogP contribution >= 0.6 is 0 Å². The number of hydrogen-bond acceptors (Lipinski definition) is 6. The van der Waals surface area contributed by atoms with Gasteiger partial charge in [0.25, 0.3) is 15.9 Å². The summed E-state index contributed by atoms with van der Waals surface area (Å²) in [7, 11) is -0.848. The average molecular weight is 423 g/mol. The van der Waals surface area contributed by atoms with E-state index in [9.17, 15) is 13.2 Å². The molecule has 29 heavy (non-hydrogen) atoms. The first kappa shape index (κ1) is 22.4. The van der Waals surface area contributed by atoms with Gasteiger partial charge in [0.2, 0.25) is 0 Å². The van der Waals surface area contributed by atoms with Crippen molar-refractivity contribution in [2.24, 2.45) is 0 Å². The molecule has 0 fully saturated rings. The van der Waals surface area contributed by atoms with E-state index in [1.165, 1.54) is 44.6 Å². The predicted octanol–water partition coefficient (Wildman–Crippen LogP) is 2.80. The van der Waals surface area contributed by atoms with E-state index in [4.69, 9.17) is 14.2 Å². The van der Waals surface area contributed by atoms with Crippen LogP contribution in [0.2, 0.25) is 0 Å². The molecule has 2 aromatic carbocycles. The van der Waals surface area contributed by atoms with Crippen LogP contribution in [-0.4, -0.2) is 40.7 Å². The van der Waals surface area contributed by atoms with Crippen LogP contribution in [0.4, 0.5) is 5.69 Å². The summed E-state index contributed by atoms with van der Waals surface area (Å²) < 4.78 is 43.6. The van der Waals surface area contributed by atoms with E-state index >= 15 is 0 Å². The molecule has 0 heterocycles. The van der Waals surface area contributed by atoms with Gasteiger partial charge in [0.15, 0.2) is 17.6 Å². The second kappa shape index (κ2) is 9.51. The highest BCUT2D eigenvalue weighted by atomic mass is 32.2. The molecule has 158 valence electrons. The summed E-state index contributed by atoms with van der Waals surface area (Å²) in [5, 5.41) is 2.75. The number of carbonyl (C=O) groups excluding carboxylic acids is 1. The zero-order chi connectivity index (χ0) is 21.6. The number of ether oxygens (including phenoxy) is 3. The highest BCUT2D eigenvalue weighted by Gasteiger charge is 2.18. The third-order valence-electron chi connectivity index (χ3n) is 3.88. The van der Waals surface area contributed by atoms with Gasteiger partial charge in [-0.15, -0.1) is 0 Å². The third-order valence-corrected chi connectivity index (χ3v) is 5.28. The normalized spacial score (nSPS) is 12.2. The van der Waals surface area contributed by atoms with Gasteiger partial charge < -0.3 is 19.5 Å². The molecular weight excluding hydrogens is 396 g/mol. The van der Waals surface area contributed by atoms with Crippen LogP contribution in [0.15, 0.2) is 47.4 Å². The summed E-state index contributed by atoms with van der Waals surface area (Å²) in [5.41, 5.74) is 0.335. The standard InChI is InChI=1S/C20H26N2O6S/c1-13(2)21-20(23)14(3)28-16-7-9-17(10-8-16)29(24,25)22-15-6-11-18(26-4)19(12-15)27-5/h6-14,22H,1-5H3,(H,21,23)/t14-/m0/s1. The minimum absolute atomic E-state index is 0.00345. The first-order valence-electron chi connectivity index (χ1n) is 8.98. The maximum absolute atomic E-state index is 12.6. The predicted molar refractivity (Wildman–Crippen MR) is 110 cm³/mol. The molecule has 0 unspecified atom stereocenters. The molecule has 2 aromatic rings. The number of carbonyl (C=O) groups is 1. The van der Waals surface area contributed by atoms with Gasteiger partial charge in [-0.05, 0) is 57.2 Å². The fourth-order valence-electron chi connectivity index (χ4n) is 2.47. The van der Waals surface area contributed by atoms with Gasteiger partial charge in [-0.3, -0.25) is 9.52 Å². The molecule has 0 aliphatic rings. The second-order valence-electron chi connectivity index (χ2n) is 6.57. The molecule has 9 heteroatoms. The van der Waals surface area contributed by atoms with Crippen LogP contribution in [0, 0.1) is 0 Å². The number of hydrogen-bond donors (Lipinski definition) is 2. The Morgan fingerprint density at radius 3 is 2.10 bits per heavy atom. The van der Waals surface area contributed by atoms with Crippen LogP contribution in [0.5, 0.6) is 17.2 Å². The summed E-state index contributed by atoms with van der Waals surface area (Å²) in [5.74, 6) is 1.05. The topological polar surface area (TPSA) is 103 Å². The second-order valence-corrected chi connectivity index (χ2v) is 8.25. The number of amides is 1. The number of benzene rings is 2. The molecule has 0 aliphatic heterocycles. The molecule has 8 nitrogen and oxygen atoms in total. The van der Waals surface area contributed by atoms with Crippen molar-refractivity contribution < 1.29 is 27.4 Å². The molecule has 0 saturated carbocycles. The lowest BCUT2D eigenvalue weighted by molar-refractivity contribution is -0.127. The molecular formula is C20H26N2O6S. The summed E-state index contributed by atoms with van der Waals surface area (Å²) >= 11 is 0. The van der Waals surface area contributed by atoms with Crippen molar-refractivity contribution in [2.75, 3.05) is 18.9 Å². The minimum atomic E-state index is -3.82. The van der Waals surface area contributed by atoms with E-state index in [1.54, 1.807) is 19.1 Å². The highest BCUT2D eigenvalue weighted by Crippen LogP contribution is 2.31. The summed E-state index contributed by atoms with van der Waals surface area (Å²) in [6, 6.07) is 10.5. The van der Waals surface area contributed by atoms with Gasteiger partial charge in [-0.25, -0.2) is 8.42 Å². The zero-order valence-electron chi connectivity index (χ0n) is 17.1. The van der Waals surface area contributed by atoms with Crippen molar-refractivity contribution in [3.63, 3.8) is 0 Å². The molecule has 0 saturated heterocycles. The van der Waals surface area contributed by atoms with Crippen LogP contribution in [0.25, 0.3) is 0 Å². The highest BCUT2D eigenvalue weighted by molar-refractivity contribution is 7.92. The number of anilines is 1. The zero-order valence-corrected chi connectivity index (χ0v) is 17.9. The van der Waals surface area contributed by atoms with Gasteiger partial charge in [0.1, 0.15) is 5.75 Å². The molecule has 2 rings (SSSR count). The Morgan fingerprint density at radius 2 is 1.55 bits per heavy atom. The Balaban J connectivity index is 2.11. The molecule has 0 aliphatic carbocycles. The molecule has 0 radical (unpaired) electrons. The Bertz CT molecular complexity index is 942. The number of rotatable bonds is 9. The molecule has 0 bridgehead atoms. The lowest BCUT2D eigenvalue weighted by Crippen LogP contribution is -2.40. The Morgan fingerprint density at radius 1 is 0.931 bits per heavy atom. The summed E-state index contributed by atoms with van der Waals surface area (Å²) in [4.78, 5) is 12.0. The lowest BCUT2D eigenvalue weighted by Gasteiger charge is -2.16. The molecule has 1 amide bonds. The lowest BCUT2D eigenvalue weighted by atomic mass is 10.3. The Kier molecular flexibility index (Phi) is 7.33. The largest absolute Gasteiger partial charge is 0.493 e. The van der Waals surface area contributed by atoms with E-state index < -0.39 is 16.1 Å². The van der Waals surface area contributed by atoms with Crippen LogP contribution in [0.3, 0.4) is 0 Å². The van der Waals surface area contributed by atoms with Crippen LogP contribution < -0.4 is 24.2 Å². The number of sulfonamides is 1. The molecule has 0 spiro atoms. The van der Waals surface area contributed by atoms with Gasteiger partial charge >= 0.3 is 0 Å². The quantitative estimate of drug-likeness (QED) is 0.644. The molecule has 1 atom stereocenters. The Labute approximate surface area is 171 Å². The first-order valence-corrected chi connectivity index (χ1v) is 10.5. The van der Waals surface area contributed by atoms with Crippen molar-refractivity contribution in [1.82, 2.24) is 5.32 Å². The van der Waals surface area contributed by atoms with Crippen molar-refractivity contribution in [3.05, 3.63) is 42.5 Å². The fourth-order valence-corrected chi connectivity index (χ4v) is 3.52. The molecule has 0 aromatic heterocycles. The van der Waals surface area contributed by atoms with Gasteiger partial charge in [-0.2, -0.15) is 0 Å². The molecule has 2 N–H and O–H groups in total. The average Bonchev–Trinajstić information content (AvgIpc) is 2.67. The van der Waals surface area contributed by atoms with Crippen molar-refractivity contribution >= 4 is 21.6 Å². The van der Waals surface area contributed by atoms with Gasteiger partial charge in [-0.1, -0.05) is 0 Å². The maximum Gasteiger partial charge on any atom is 0.261 e. The number of methoxy groups -OCH3 is 2. The van der Waals surface area contributed by atoms with Crippen molar-refractivity contribution in [1.29, 1.82) is 0 Å².